The van der Waals surface area contributed by atoms with Crippen molar-refractivity contribution in [1.82, 2.24) is 0 Å². The minimum atomic E-state index is -0.836. The van der Waals surface area contributed by atoms with Gasteiger partial charge in [-0.25, -0.2) is 0 Å². The van der Waals surface area contributed by atoms with Crippen LogP contribution in [0.3, 0.4) is 0 Å². The van der Waals surface area contributed by atoms with Crippen LogP contribution in [0.15, 0.2) is 11.6 Å². The number of allylic oxidation sites excluding steroid dienone is 2. The van der Waals surface area contributed by atoms with Gasteiger partial charge in [0, 0.05) is 0 Å². The van der Waals surface area contributed by atoms with Gasteiger partial charge < -0.3 is 20.1 Å². The number of fused-ring (bicyclic) bond motifs is 5. The van der Waals surface area contributed by atoms with Crippen LogP contribution in [-0.4, -0.2) is 45.8 Å². The molecule has 1 heterocycles. The summed E-state index contributed by atoms with van der Waals surface area (Å²) < 4.78 is 6.23. The predicted octanol–water partition coefficient (Wildman–Crippen LogP) is 5.49. The van der Waals surface area contributed by atoms with Crippen molar-refractivity contribution >= 4 is 0 Å². The number of aliphatic hydroxyl groups is 3. The van der Waals surface area contributed by atoms with Gasteiger partial charge in [-0.3, -0.25) is 0 Å². The molecule has 3 N–H and O–H groups in total. The zero-order valence-electron chi connectivity index (χ0n) is 22.7. The first-order chi connectivity index (χ1) is 15.7. The molecule has 0 radical (unpaired) electrons. The predicted molar refractivity (Wildman–Crippen MR) is 135 cm³/mol. The lowest BCUT2D eigenvalue weighted by Gasteiger charge is -2.64. The van der Waals surface area contributed by atoms with Crippen molar-refractivity contribution in [2.45, 2.75) is 124 Å². The van der Waals surface area contributed by atoms with Gasteiger partial charge in [0.1, 0.15) is 6.10 Å². The van der Waals surface area contributed by atoms with Crippen molar-refractivity contribution in [3.05, 3.63) is 11.6 Å². The molecule has 0 aromatic carbocycles. The highest BCUT2D eigenvalue weighted by atomic mass is 16.5. The van der Waals surface area contributed by atoms with Gasteiger partial charge in [-0.05, 0) is 111 Å². The molecule has 194 valence electrons. The molecule has 4 fully saturated rings. The summed E-state index contributed by atoms with van der Waals surface area (Å²) in [6, 6.07) is 0. The standard InChI is InChI=1S/C30H50O4/c1-26(2)23-9-8-21-20(28(23,5)13-12-24(26)32)11-15-29(6)19(10-14-30(21,29)7)18-16-22(31)25(33)27(3,4)34-17-18/h8,18-20,22-25,31-33H,9-17H2,1-7H3/t18-,19-,20+,22-,23?,24-,25+,28-,29+,30-/m1/s1. The van der Waals surface area contributed by atoms with E-state index >= 15 is 0 Å². The van der Waals surface area contributed by atoms with E-state index < -0.39 is 17.8 Å². The highest BCUT2D eigenvalue weighted by Gasteiger charge is 2.65. The van der Waals surface area contributed by atoms with Crippen LogP contribution in [-0.2, 0) is 4.74 Å². The summed E-state index contributed by atoms with van der Waals surface area (Å²) in [4.78, 5) is 0. The Morgan fingerprint density at radius 3 is 2.29 bits per heavy atom. The van der Waals surface area contributed by atoms with Gasteiger partial charge in [0.25, 0.3) is 0 Å². The molecule has 1 saturated heterocycles. The van der Waals surface area contributed by atoms with Crippen LogP contribution in [0, 0.1) is 45.3 Å². The summed E-state index contributed by atoms with van der Waals surface area (Å²) >= 11 is 0. The van der Waals surface area contributed by atoms with Gasteiger partial charge in [0.05, 0.1) is 24.4 Å². The minimum absolute atomic E-state index is 0.0314. The van der Waals surface area contributed by atoms with E-state index in [1.54, 1.807) is 5.57 Å². The highest BCUT2D eigenvalue weighted by molar-refractivity contribution is 5.33. The molecule has 4 heteroatoms. The molecule has 4 aliphatic carbocycles. The van der Waals surface area contributed by atoms with Crippen molar-refractivity contribution in [3.8, 4) is 0 Å². The summed E-state index contributed by atoms with van der Waals surface area (Å²) in [5.74, 6) is 1.94. The molecular formula is C30H50O4. The Bertz CT molecular complexity index is 847. The van der Waals surface area contributed by atoms with Crippen LogP contribution in [0.1, 0.15) is 99.8 Å². The quantitative estimate of drug-likeness (QED) is 0.440. The molecule has 1 aliphatic heterocycles. The van der Waals surface area contributed by atoms with Gasteiger partial charge in [-0.1, -0.05) is 46.3 Å². The van der Waals surface area contributed by atoms with Crippen molar-refractivity contribution in [2.75, 3.05) is 6.61 Å². The molecule has 5 rings (SSSR count). The zero-order valence-corrected chi connectivity index (χ0v) is 22.7. The monoisotopic (exact) mass is 474 g/mol. The van der Waals surface area contributed by atoms with Crippen LogP contribution in [0.2, 0.25) is 0 Å². The van der Waals surface area contributed by atoms with E-state index in [1.807, 2.05) is 13.8 Å². The molecule has 34 heavy (non-hydrogen) atoms. The number of hydrogen-bond acceptors (Lipinski definition) is 4. The van der Waals surface area contributed by atoms with E-state index in [4.69, 9.17) is 4.74 Å². The maximum atomic E-state index is 10.8. The topological polar surface area (TPSA) is 69.9 Å². The Morgan fingerprint density at radius 2 is 1.59 bits per heavy atom. The third-order valence-corrected chi connectivity index (χ3v) is 12.7. The zero-order chi connectivity index (χ0) is 24.9. The molecule has 0 amide bonds. The second kappa shape index (κ2) is 7.79. The first kappa shape index (κ1) is 25.2. The lowest BCUT2D eigenvalue weighted by molar-refractivity contribution is -0.134. The Morgan fingerprint density at radius 1 is 0.882 bits per heavy atom. The normalized spacial score (nSPS) is 54.3. The maximum Gasteiger partial charge on any atom is 0.108 e. The molecule has 0 aromatic rings. The van der Waals surface area contributed by atoms with Crippen molar-refractivity contribution in [3.63, 3.8) is 0 Å². The van der Waals surface area contributed by atoms with Gasteiger partial charge in [0.2, 0.25) is 0 Å². The van der Waals surface area contributed by atoms with Crippen LogP contribution < -0.4 is 0 Å². The summed E-state index contributed by atoms with van der Waals surface area (Å²) in [5, 5.41) is 32.3. The molecule has 1 unspecified atom stereocenters. The van der Waals surface area contributed by atoms with E-state index in [-0.39, 0.29) is 33.7 Å². The van der Waals surface area contributed by atoms with Crippen LogP contribution in [0.25, 0.3) is 0 Å². The Labute approximate surface area is 207 Å². The third-order valence-electron chi connectivity index (χ3n) is 12.7. The number of ether oxygens (including phenoxy) is 1. The molecule has 10 atom stereocenters. The number of hydrogen-bond donors (Lipinski definition) is 3. The summed E-state index contributed by atoms with van der Waals surface area (Å²) in [7, 11) is 0. The highest BCUT2D eigenvalue weighted by Crippen LogP contribution is 2.73. The summed E-state index contributed by atoms with van der Waals surface area (Å²) in [6.07, 6.45) is 9.49. The molecule has 0 spiro atoms. The van der Waals surface area contributed by atoms with Crippen molar-refractivity contribution in [2.24, 2.45) is 45.3 Å². The Kier molecular flexibility index (Phi) is 5.78. The molecule has 5 aliphatic rings. The third kappa shape index (κ3) is 3.23. The number of aliphatic hydroxyl groups excluding tert-OH is 3. The van der Waals surface area contributed by atoms with Gasteiger partial charge in [-0.15, -0.1) is 0 Å². The van der Waals surface area contributed by atoms with Crippen molar-refractivity contribution < 1.29 is 20.1 Å². The van der Waals surface area contributed by atoms with E-state index in [0.717, 1.165) is 19.3 Å². The summed E-state index contributed by atoms with van der Waals surface area (Å²) in [5.41, 5.74) is 1.62. The van der Waals surface area contributed by atoms with Crippen LogP contribution >= 0.6 is 0 Å². The van der Waals surface area contributed by atoms with Crippen LogP contribution in [0.4, 0.5) is 0 Å². The van der Waals surface area contributed by atoms with Crippen LogP contribution in [0.5, 0.6) is 0 Å². The largest absolute Gasteiger partial charge is 0.393 e. The van der Waals surface area contributed by atoms with Gasteiger partial charge in [0.15, 0.2) is 0 Å². The SMILES string of the molecule is CC1(C)OC[C@H]([C@H]2CC[C@]3(C)C4=CCC5C(C)(C)[C@H](O)CC[C@]5(C)[C@H]4CC[C@@]23C)C[C@@H](O)[C@@H]1O. The second-order valence-corrected chi connectivity index (χ2v) is 14.7. The van der Waals surface area contributed by atoms with E-state index in [2.05, 4.69) is 40.7 Å². The molecule has 0 aromatic heterocycles. The molecule has 0 bridgehead atoms. The average molecular weight is 475 g/mol. The van der Waals surface area contributed by atoms with E-state index in [9.17, 15) is 15.3 Å². The Hall–Kier alpha value is -0.420. The van der Waals surface area contributed by atoms with Crippen molar-refractivity contribution in [1.29, 1.82) is 0 Å². The van der Waals surface area contributed by atoms with Gasteiger partial charge >= 0.3 is 0 Å². The van der Waals surface area contributed by atoms with E-state index in [0.29, 0.717) is 30.8 Å². The lowest BCUT2D eigenvalue weighted by atomic mass is 9.41. The second-order valence-electron chi connectivity index (χ2n) is 14.7. The first-order valence-corrected chi connectivity index (χ1v) is 14.1. The first-order valence-electron chi connectivity index (χ1n) is 14.1. The molecule has 3 saturated carbocycles. The smallest absolute Gasteiger partial charge is 0.108 e. The van der Waals surface area contributed by atoms with E-state index in [1.165, 1.54) is 25.7 Å². The molecular weight excluding hydrogens is 424 g/mol. The lowest BCUT2D eigenvalue weighted by Crippen LogP contribution is -2.58. The van der Waals surface area contributed by atoms with Gasteiger partial charge in [-0.2, -0.15) is 0 Å². The fourth-order valence-electron chi connectivity index (χ4n) is 10.2. The fourth-order valence-corrected chi connectivity index (χ4v) is 10.2. The summed E-state index contributed by atoms with van der Waals surface area (Å²) in [6.45, 7) is 16.7. The maximum absolute atomic E-state index is 10.8. The minimum Gasteiger partial charge on any atom is -0.393 e. The number of rotatable bonds is 1. The average Bonchev–Trinajstić information content (AvgIpc) is 2.99. The molecule has 4 nitrogen and oxygen atoms in total. The Balaban J connectivity index is 1.46. The fraction of sp³-hybridized carbons (Fsp3) is 0.933.